The molecule has 7 heteroatoms. The molecule has 1 atom stereocenters. The first-order chi connectivity index (χ1) is 16.3. The summed E-state index contributed by atoms with van der Waals surface area (Å²) < 4.78 is 33.9. The smallest absolute Gasteiger partial charge is 0.324 e. The van der Waals surface area contributed by atoms with Gasteiger partial charge in [0.2, 0.25) is 10.0 Å². The summed E-state index contributed by atoms with van der Waals surface area (Å²) in [4.78, 5) is 12.7. The van der Waals surface area contributed by atoms with Gasteiger partial charge in [0, 0.05) is 5.56 Å². The van der Waals surface area contributed by atoms with Crippen LogP contribution in [0.3, 0.4) is 0 Å². The first kappa shape index (κ1) is 29.8. The zero-order chi connectivity index (χ0) is 27.5. The molecule has 0 saturated heterocycles. The fourth-order valence-corrected chi connectivity index (χ4v) is 5.21. The highest BCUT2D eigenvalue weighted by Crippen LogP contribution is 2.35. The number of hydrogen-bond acceptors (Lipinski definition) is 4. The predicted molar refractivity (Wildman–Crippen MR) is 151 cm³/mol. The molecule has 0 aliphatic carbocycles. The van der Waals surface area contributed by atoms with Crippen LogP contribution in [0.1, 0.15) is 61.0 Å². The van der Waals surface area contributed by atoms with Crippen LogP contribution in [-0.2, 0) is 19.6 Å². The molecule has 0 saturated carbocycles. The Kier molecular flexibility index (Phi) is 9.04. The van der Waals surface area contributed by atoms with Crippen LogP contribution in [0, 0.1) is 17.4 Å². The Morgan fingerprint density at radius 3 is 1.78 bits per heavy atom. The van der Waals surface area contributed by atoms with E-state index in [4.69, 9.17) is 4.74 Å². The number of nitrogens with one attached hydrogen (secondary N) is 1. The highest BCUT2D eigenvalue weighted by atomic mass is 32.2. The zero-order valence-electron chi connectivity index (χ0n) is 23.3. The van der Waals surface area contributed by atoms with Crippen molar-refractivity contribution in [1.29, 1.82) is 0 Å². The molecule has 0 bridgehead atoms. The first-order valence-corrected chi connectivity index (χ1v) is 16.8. The van der Waals surface area contributed by atoms with Gasteiger partial charge in [0.1, 0.15) is 19.7 Å². The predicted octanol–water partition coefficient (Wildman–Crippen LogP) is 6.40. The summed E-state index contributed by atoms with van der Waals surface area (Å²) in [6.07, 6.45) is 0. The van der Waals surface area contributed by atoms with Crippen molar-refractivity contribution in [2.24, 2.45) is 5.92 Å². The van der Waals surface area contributed by atoms with Crippen LogP contribution in [-0.4, -0.2) is 34.1 Å². The summed E-state index contributed by atoms with van der Waals surface area (Å²) in [5.41, 5.74) is 5.65. The molecule has 2 aromatic rings. The third-order valence-electron chi connectivity index (χ3n) is 6.39. The standard InChI is InChI=1S/C29H41NO4SSi/c1-21(2)26(27(31)34-28(3,4)5)30-35(32,33)25-17-15-24(16-18-25)23-13-11-22(12-14-23)19-20-36(9,10)29(6,7)8/h11-18,21,26,30H,1-10H3/t26-/m1/s1. The van der Waals surface area contributed by atoms with Crippen LogP contribution in [0.2, 0.25) is 18.1 Å². The molecule has 0 spiro atoms. The first-order valence-electron chi connectivity index (χ1n) is 12.3. The van der Waals surface area contributed by atoms with Crippen LogP contribution < -0.4 is 4.72 Å². The van der Waals surface area contributed by atoms with Gasteiger partial charge in [-0.2, -0.15) is 4.72 Å². The number of rotatable bonds is 6. The van der Waals surface area contributed by atoms with Gasteiger partial charge in [-0.3, -0.25) is 4.79 Å². The second-order valence-corrected chi connectivity index (χ2v) is 18.8. The zero-order valence-corrected chi connectivity index (χ0v) is 25.1. The van der Waals surface area contributed by atoms with Gasteiger partial charge in [0.15, 0.2) is 0 Å². The molecule has 36 heavy (non-hydrogen) atoms. The third-order valence-corrected chi connectivity index (χ3v) is 12.3. The van der Waals surface area contributed by atoms with E-state index in [1.807, 2.05) is 24.3 Å². The topological polar surface area (TPSA) is 72.5 Å². The van der Waals surface area contributed by atoms with Crippen molar-refractivity contribution < 1.29 is 17.9 Å². The number of benzene rings is 2. The lowest BCUT2D eigenvalue weighted by Gasteiger charge is -2.31. The summed E-state index contributed by atoms with van der Waals surface area (Å²) in [6, 6.07) is 13.6. The summed E-state index contributed by atoms with van der Waals surface area (Å²) in [5.74, 6) is 2.48. The van der Waals surface area contributed by atoms with E-state index in [0.717, 1.165) is 16.7 Å². The minimum atomic E-state index is -3.91. The van der Waals surface area contributed by atoms with Crippen molar-refractivity contribution in [3.63, 3.8) is 0 Å². The third kappa shape index (κ3) is 8.06. The number of esters is 1. The Morgan fingerprint density at radius 1 is 0.889 bits per heavy atom. The quantitative estimate of drug-likeness (QED) is 0.268. The monoisotopic (exact) mass is 527 g/mol. The molecule has 0 heterocycles. The van der Waals surface area contributed by atoms with E-state index in [1.165, 1.54) is 0 Å². The molecule has 0 aliphatic rings. The minimum Gasteiger partial charge on any atom is -0.459 e. The molecule has 0 radical (unpaired) electrons. The molecule has 0 amide bonds. The second-order valence-electron chi connectivity index (χ2n) is 12.1. The van der Waals surface area contributed by atoms with E-state index < -0.39 is 35.7 Å². The van der Waals surface area contributed by atoms with Gasteiger partial charge in [-0.1, -0.05) is 77.9 Å². The van der Waals surface area contributed by atoms with Gasteiger partial charge in [0.05, 0.1) is 4.90 Å². The highest BCUT2D eigenvalue weighted by molar-refractivity contribution is 7.89. The van der Waals surface area contributed by atoms with Crippen molar-refractivity contribution in [1.82, 2.24) is 4.72 Å². The van der Waals surface area contributed by atoms with Crippen molar-refractivity contribution in [3.8, 4) is 22.6 Å². The SMILES string of the molecule is CC(C)[C@@H](NS(=O)(=O)c1ccc(-c2ccc(C#C[Si](C)(C)C(C)(C)C)cc2)cc1)C(=O)OC(C)(C)C. The fraction of sp³-hybridized carbons (Fsp3) is 0.483. The van der Waals surface area contributed by atoms with Gasteiger partial charge >= 0.3 is 5.97 Å². The van der Waals surface area contributed by atoms with Crippen molar-refractivity contribution in [3.05, 3.63) is 54.1 Å². The lowest BCUT2D eigenvalue weighted by Crippen LogP contribution is -2.47. The maximum atomic E-state index is 13.0. The molecule has 5 nitrogen and oxygen atoms in total. The average molecular weight is 528 g/mol. The van der Waals surface area contributed by atoms with Crippen molar-refractivity contribution in [2.75, 3.05) is 0 Å². The van der Waals surface area contributed by atoms with Crippen LogP contribution >= 0.6 is 0 Å². The largest absolute Gasteiger partial charge is 0.459 e. The lowest BCUT2D eigenvalue weighted by atomic mass is 10.0. The Bertz CT molecular complexity index is 1220. The number of ether oxygens (including phenoxy) is 1. The number of carbonyl (C=O) groups excluding carboxylic acids is 1. The Balaban J connectivity index is 2.21. The number of sulfonamides is 1. The second kappa shape index (κ2) is 10.9. The van der Waals surface area contributed by atoms with E-state index >= 15 is 0 Å². The molecule has 0 fully saturated rings. The minimum absolute atomic E-state index is 0.0947. The number of carbonyl (C=O) groups is 1. The van der Waals surface area contributed by atoms with Gasteiger partial charge in [-0.05, 0) is 67.1 Å². The van der Waals surface area contributed by atoms with Crippen LogP contribution in [0.5, 0.6) is 0 Å². The molecule has 196 valence electrons. The molecule has 0 unspecified atom stereocenters. The summed E-state index contributed by atoms with van der Waals surface area (Å²) in [6.45, 7) is 20.1. The lowest BCUT2D eigenvalue weighted by molar-refractivity contribution is -0.158. The van der Waals surface area contributed by atoms with Gasteiger partial charge in [-0.15, -0.1) is 5.54 Å². The fourth-order valence-electron chi connectivity index (χ4n) is 3.05. The Hall–Kier alpha value is -2.40. The molecular formula is C29H41NO4SSi. The normalized spacial score (nSPS) is 13.6. The van der Waals surface area contributed by atoms with E-state index in [9.17, 15) is 13.2 Å². The summed E-state index contributed by atoms with van der Waals surface area (Å²) in [5, 5.41) is 0.207. The highest BCUT2D eigenvalue weighted by Gasteiger charge is 2.34. The number of hydrogen-bond donors (Lipinski definition) is 1. The van der Waals surface area contributed by atoms with Crippen molar-refractivity contribution in [2.45, 2.75) is 90.1 Å². The maximum absolute atomic E-state index is 13.0. The van der Waals surface area contributed by atoms with Crippen molar-refractivity contribution >= 4 is 24.1 Å². The molecular weight excluding hydrogens is 486 g/mol. The van der Waals surface area contributed by atoms with E-state index in [0.29, 0.717) is 0 Å². The molecule has 2 aromatic carbocycles. The summed E-state index contributed by atoms with van der Waals surface area (Å²) in [7, 11) is -5.59. The van der Waals surface area contributed by atoms with E-state index in [1.54, 1.807) is 58.9 Å². The summed E-state index contributed by atoms with van der Waals surface area (Å²) >= 11 is 0. The molecule has 0 aromatic heterocycles. The molecule has 0 aliphatic heterocycles. The van der Waals surface area contributed by atoms with E-state index in [-0.39, 0.29) is 15.9 Å². The molecule has 1 N–H and O–H groups in total. The average Bonchev–Trinajstić information content (AvgIpc) is 2.74. The Labute approximate surface area is 219 Å². The molecule has 2 rings (SSSR count). The van der Waals surface area contributed by atoms with Crippen LogP contribution in [0.25, 0.3) is 11.1 Å². The van der Waals surface area contributed by atoms with Gasteiger partial charge in [0.25, 0.3) is 0 Å². The van der Waals surface area contributed by atoms with E-state index in [2.05, 4.69) is 50.1 Å². The van der Waals surface area contributed by atoms with Gasteiger partial charge in [-0.25, -0.2) is 8.42 Å². The van der Waals surface area contributed by atoms with Crippen LogP contribution in [0.4, 0.5) is 0 Å². The maximum Gasteiger partial charge on any atom is 0.324 e. The van der Waals surface area contributed by atoms with Crippen LogP contribution in [0.15, 0.2) is 53.4 Å². The van der Waals surface area contributed by atoms with Gasteiger partial charge < -0.3 is 4.74 Å². The Morgan fingerprint density at radius 2 is 1.36 bits per heavy atom.